The Labute approximate surface area is 113 Å². The van der Waals surface area contributed by atoms with Crippen LogP contribution in [0.5, 0.6) is 0 Å². The molecule has 0 unspecified atom stereocenters. The molecule has 96 valence electrons. The van der Waals surface area contributed by atoms with Crippen molar-refractivity contribution in [2.24, 2.45) is 10.4 Å². The van der Waals surface area contributed by atoms with Gasteiger partial charge in [0.05, 0.1) is 12.3 Å². The minimum Gasteiger partial charge on any atom is -0.493 e. The maximum absolute atomic E-state index is 5.94. The van der Waals surface area contributed by atoms with Crippen LogP contribution >= 0.6 is 12.4 Å². The molecule has 0 radical (unpaired) electrons. The highest BCUT2D eigenvalue weighted by atomic mass is 35.5. The van der Waals surface area contributed by atoms with Gasteiger partial charge in [0, 0.05) is 23.6 Å². The van der Waals surface area contributed by atoms with Crippen molar-refractivity contribution in [3.63, 3.8) is 0 Å². The molecule has 0 atom stereocenters. The molecule has 0 aromatic heterocycles. The second-order valence-electron chi connectivity index (χ2n) is 5.33. The number of halogens is 1. The van der Waals surface area contributed by atoms with E-state index in [1.165, 1.54) is 29.7 Å². The smallest absolute Gasteiger partial charge is 0.120 e. The van der Waals surface area contributed by atoms with E-state index in [1.807, 2.05) is 6.20 Å². The molecule has 0 amide bonds. The first-order valence-corrected chi connectivity index (χ1v) is 6.40. The van der Waals surface area contributed by atoms with Crippen molar-refractivity contribution in [2.75, 3.05) is 19.7 Å². The maximum atomic E-state index is 5.94. The Balaban J connectivity index is 0.000001000. The second-order valence-corrected chi connectivity index (χ2v) is 5.33. The zero-order valence-electron chi connectivity index (χ0n) is 10.2. The van der Waals surface area contributed by atoms with Gasteiger partial charge in [0.25, 0.3) is 0 Å². The van der Waals surface area contributed by atoms with Gasteiger partial charge in [0.15, 0.2) is 0 Å². The predicted octanol–water partition coefficient (Wildman–Crippen LogP) is 2.36. The first-order chi connectivity index (χ1) is 8.37. The molecule has 0 aromatic carbocycles. The first kappa shape index (κ1) is 12.0. The summed E-state index contributed by atoms with van der Waals surface area (Å²) in [5.74, 6) is 1.13. The Morgan fingerprint density at radius 2 is 2.11 bits per heavy atom. The zero-order valence-corrected chi connectivity index (χ0v) is 11.1. The molecule has 4 heteroatoms. The molecule has 3 aliphatic heterocycles. The lowest BCUT2D eigenvalue weighted by atomic mass is 9.71. The van der Waals surface area contributed by atoms with E-state index < -0.39 is 0 Å². The van der Waals surface area contributed by atoms with Crippen LogP contribution in [0.2, 0.25) is 0 Å². The van der Waals surface area contributed by atoms with Crippen molar-refractivity contribution in [1.82, 2.24) is 5.32 Å². The molecular formula is C14H17ClN2O. The number of rotatable bonds is 0. The SMILES string of the molecule is C1=CC2=CC3=C(CC2=N1)C1(CCNCC1)CO3.Cl. The summed E-state index contributed by atoms with van der Waals surface area (Å²) in [4.78, 5) is 4.46. The van der Waals surface area contributed by atoms with E-state index in [4.69, 9.17) is 4.74 Å². The number of hydrogen-bond donors (Lipinski definition) is 1. The standard InChI is InChI=1S/C14H16N2O.ClH/c1-4-16-12-8-11-13(7-10(1)12)17-9-14(11)2-5-15-6-3-14;/h1,4,7,15H,2-3,5-6,8-9H2;1H. The Morgan fingerprint density at radius 1 is 1.28 bits per heavy atom. The van der Waals surface area contributed by atoms with E-state index in [0.717, 1.165) is 31.9 Å². The first-order valence-electron chi connectivity index (χ1n) is 6.40. The van der Waals surface area contributed by atoms with Crippen molar-refractivity contribution in [3.05, 3.63) is 35.3 Å². The minimum absolute atomic E-state index is 0. The largest absolute Gasteiger partial charge is 0.493 e. The molecule has 3 nitrogen and oxygen atoms in total. The Morgan fingerprint density at radius 3 is 2.94 bits per heavy atom. The van der Waals surface area contributed by atoms with Crippen LogP contribution in [0.25, 0.3) is 0 Å². The number of fused-ring (bicyclic) bond motifs is 2. The Hall–Kier alpha value is -1.06. The molecule has 4 aliphatic rings. The number of aliphatic imine (C=N–C) groups is 1. The van der Waals surface area contributed by atoms with Gasteiger partial charge >= 0.3 is 0 Å². The van der Waals surface area contributed by atoms with Crippen molar-refractivity contribution in [2.45, 2.75) is 19.3 Å². The van der Waals surface area contributed by atoms with Gasteiger partial charge in [-0.25, -0.2) is 0 Å². The van der Waals surface area contributed by atoms with Crippen LogP contribution in [0.15, 0.2) is 40.2 Å². The zero-order chi connectivity index (χ0) is 11.3. The summed E-state index contributed by atoms with van der Waals surface area (Å²) in [5, 5.41) is 3.44. The summed E-state index contributed by atoms with van der Waals surface area (Å²) < 4.78 is 5.94. The summed E-state index contributed by atoms with van der Waals surface area (Å²) in [7, 11) is 0. The number of hydrogen-bond acceptors (Lipinski definition) is 3. The van der Waals surface area contributed by atoms with Gasteiger partial charge in [-0.15, -0.1) is 12.4 Å². The number of piperidine rings is 1. The molecular weight excluding hydrogens is 248 g/mol. The average Bonchev–Trinajstić information content (AvgIpc) is 2.94. The number of allylic oxidation sites excluding steroid dienone is 3. The molecule has 1 spiro atoms. The summed E-state index contributed by atoms with van der Waals surface area (Å²) in [6.07, 6.45) is 9.56. The third kappa shape index (κ3) is 1.57. The molecule has 1 N–H and O–H groups in total. The summed E-state index contributed by atoms with van der Waals surface area (Å²) >= 11 is 0. The maximum Gasteiger partial charge on any atom is 0.120 e. The highest BCUT2D eigenvalue weighted by molar-refractivity contribution is 6.07. The summed E-state index contributed by atoms with van der Waals surface area (Å²) in [6, 6.07) is 0. The lowest BCUT2D eigenvalue weighted by Gasteiger charge is -2.35. The third-order valence-corrected chi connectivity index (χ3v) is 4.45. The fraction of sp³-hybridized carbons (Fsp3) is 0.500. The van der Waals surface area contributed by atoms with Gasteiger partial charge in [-0.05, 0) is 43.7 Å². The number of nitrogens with zero attached hydrogens (tertiary/aromatic N) is 1. The molecule has 1 saturated heterocycles. The molecule has 1 fully saturated rings. The Kier molecular flexibility index (Phi) is 2.83. The quantitative estimate of drug-likeness (QED) is 0.729. The molecule has 18 heavy (non-hydrogen) atoms. The summed E-state index contributed by atoms with van der Waals surface area (Å²) in [5.41, 5.74) is 4.28. The van der Waals surface area contributed by atoms with E-state index in [9.17, 15) is 0 Å². The van der Waals surface area contributed by atoms with Gasteiger partial charge in [0.2, 0.25) is 0 Å². The van der Waals surface area contributed by atoms with Crippen LogP contribution in [-0.2, 0) is 4.74 Å². The van der Waals surface area contributed by atoms with Crippen molar-refractivity contribution >= 4 is 18.1 Å². The summed E-state index contributed by atoms with van der Waals surface area (Å²) in [6.45, 7) is 3.10. The average molecular weight is 265 g/mol. The fourth-order valence-corrected chi connectivity index (χ4v) is 3.37. The fourth-order valence-electron chi connectivity index (χ4n) is 3.37. The normalized spacial score (nSPS) is 27.1. The minimum atomic E-state index is 0. The van der Waals surface area contributed by atoms with Gasteiger partial charge in [-0.3, -0.25) is 4.99 Å². The number of nitrogens with one attached hydrogen (secondary N) is 1. The molecule has 3 heterocycles. The topological polar surface area (TPSA) is 33.6 Å². The lowest BCUT2D eigenvalue weighted by Crippen LogP contribution is -2.39. The van der Waals surface area contributed by atoms with Crippen LogP contribution in [0.3, 0.4) is 0 Å². The van der Waals surface area contributed by atoms with Crippen LogP contribution in [-0.4, -0.2) is 25.4 Å². The van der Waals surface area contributed by atoms with E-state index in [-0.39, 0.29) is 12.4 Å². The van der Waals surface area contributed by atoms with Crippen LogP contribution in [0.4, 0.5) is 0 Å². The van der Waals surface area contributed by atoms with Crippen LogP contribution in [0.1, 0.15) is 19.3 Å². The van der Waals surface area contributed by atoms with Crippen LogP contribution in [0, 0.1) is 5.41 Å². The molecule has 0 saturated carbocycles. The van der Waals surface area contributed by atoms with Gasteiger partial charge < -0.3 is 10.1 Å². The van der Waals surface area contributed by atoms with Crippen LogP contribution < -0.4 is 5.32 Å². The van der Waals surface area contributed by atoms with E-state index in [1.54, 1.807) is 0 Å². The van der Waals surface area contributed by atoms with E-state index in [0.29, 0.717) is 5.41 Å². The lowest BCUT2D eigenvalue weighted by molar-refractivity contribution is 0.139. The van der Waals surface area contributed by atoms with Crippen molar-refractivity contribution in [3.8, 4) is 0 Å². The highest BCUT2D eigenvalue weighted by Crippen LogP contribution is 2.48. The highest BCUT2D eigenvalue weighted by Gasteiger charge is 2.44. The second kappa shape index (κ2) is 4.25. The third-order valence-electron chi connectivity index (χ3n) is 4.45. The predicted molar refractivity (Wildman–Crippen MR) is 74.0 cm³/mol. The number of ether oxygens (including phenoxy) is 1. The van der Waals surface area contributed by atoms with E-state index in [2.05, 4.69) is 22.5 Å². The molecule has 0 aromatic rings. The van der Waals surface area contributed by atoms with Gasteiger partial charge in [0.1, 0.15) is 5.76 Å². The molecule has 1 aliphatic carbocycles. The van der Waals surface area contributed by atoms with E-state index >= 15 is 0 Å². The Bertz CT molecular complexity index is 496. The molecule has 0 bridgehead atoms. The molecule has 4 rings (SSSR count). The van der Waals surface area contributed by atoms with Gasteiger partial charge in [-0.1, -0.05) is 0 Å². The monoisotopic (exact) mass is 264 g/mol. The van der Waals surface area contributed by atoms with Gasteiger partial charge in [-0.2, -0.15) is 0 Å². The van der Waals surface area contributed by atoms with Crippen molar-refractivity contribution in [1.29, 1.82) is 0 Å². The van der Waals surface area contributed by atoms with Crippen molar-refractivity contribution < 1.29 is 4.74 Å².